The summed E-state index contributed by atoms with van der Waals surface area (Å²) >= 11 is 0. The Kier molecular flexibility index (Phi) is 11.3. The maximum Gasteiger partial charge on any atom is 0.254 e. The zero-order valence-corrected chi connectivity index (χ0v) is 16.6. The van der Waals surface area contributed by atoms with Crippen molar-refractivity contribution in [1.29, 1.82) is 0 Å². The lowest BCUT2D eigenvalue weighted by molar-refractivity contribution is -0.117. The lowest BCUT2D eigenvalue weighted by Gasteiger charge is -2.09. The summed E-state index contributed by atoms with van der Waals surface area (Å²) in [5.74, 6) is -0.641. The number of ketones is 1. The second kappa shape index (κ2) is 13.3. The van der Waals surface area contributed by atoms with Gasteiger partial charge >= 0.3 is 0 Å². The second-order valence-electron chi connectivity index (χ2n) is 7.06. The predicted molar refractivity (Wildman–Crippen MR) is 110 cm³/mol. The molecule has 0 atom stereocenters. The SMILES string of the molecule is C=C(C(=O)NCCCCCCCCCCCC)C(=O)c1ccccc1C. The van der Waals surface area contributed by atoms with Crippen LogP contribution in [-0.2, 0) is 4.79 Å². The van der Waals surface area contributed by atoms with E-state index < -0.39 is 0 Å². The molecule has 0 aliphatic rings. The number of rotatable bonds is 14. The molecule has 0 unspecified atom stereocenters. The van der Waals surface area contributed by atoms with E-state index in [1.54, 1.807) is 12.1 Å². The van der Waals surface area contributed by atoms with E-state index in [-0.39, 0.29) is 17.3 Å². The molecule has 0 aromatic heterocycles. The van der Waals surface area contributed by atoms with Crippen molar-refractivity contribution in [3.05, 3.63) is 47.5 Å². The van der Waals surface area contributed by atoms with E-state index in [0.29, 0.717) is 12.1 Å². The Morgan fingerprint density at radius 3 is 2.00 bits per heavy atom. The third kappa shape index (κ3) is 8.46. The molecule has 0 saturated heterocycles. The van der Waals surface area contributed by atoms with Crippen LogP contribution in [-0.4, -0.2) is 18.2 Å². The first-order valence-corrected chi connectivity index (χ1v) is 10.1. The van der Waals surface area contributed by atoms with Crippen molar-refractivity contribution in [3.8, 4) is 0 Å². The van der Waals surface area contributed by atoms with Crippen LogP contribution < -0.4 is 5.32 Å². The van der Waals surface area contributed by atoms with Crippen molar-refractivity contribution < 1.29 is 9.59 Å². The molecule has 26 heavy (non-hydrogen) atoms. The van der Waals surface area contributed by atoms with Gasteiger partial charge in [-0.25, -0.2) is 0 Å². The molecule has 0 heterocycles. The topological polar surface area (TPSA) is 46.2 Å². The minimum Gasteiger partial charge on any atom is -0.352 e. The molecule has 0 bridgehead atoms. The van der Waals surface area contributed by atoms with Crippen molar-refractivity contribution in [2.75, 3.05) is 6.54 Å². The number of benzene rings is 1. The summed E-state index contributed by atoms with van der Waals surface area (Å²) in [4.78, 5) is 24.4. The molecule has 0 fully saturated rings. The van der Waals surface area contributed by atoms with Crippen LogP contribution in [0.25, 0.3) is 0 Å². The van der Waals surface area contributed by atoms with Crippen LogP contribution in [0.4, 0.5) is 0 Å². The maximum atomic E-state index is 12.3. The Morgan fingerprint density at radius 2 is 1.42 bits per heavy atom. The van der Waals surface area contributed by atoms with Crippen molar-refractivity contribution in [2.45, 2.75) is 78.1 Å². The van der Waals surface area contributed by atoms with Crippen molar-refractivity contribution in [2.24, 2.45) is 0 Å². The summed E-state index contributed by atoms with van der Waals surface area (Å²) in [6, 6.07) is 7.27. The van der Waals surface area contributed by atoms with Crippen molar-refractivity contribution in [1.82, 2.24) is 5.32 Å². The second-order valence-corrected chi connectivity index (χ2v) is 7.06. The molecule has 1 N–H and O–H groups in total. The molecule has 144 valence electrons. The number of aryl methyl sites for hydroxylation is 1. The Balaban J connectivity index is 2.12. The first-order chi connectivity index (χ1) is 12.6. The normalized spacial score (nSPS) is 10.5. The fourth-order valence-corrected chi connectivity index (χ4v) is 3.01. The third-order valence-electron chi connectivity index (χ3n) is 4.75. The first-order valence-electron chi connectivity index (χ1n) is 10.1. The van der Waals surface area contributed by atoms with E-state index in [4.69, 9.17) is 0 Å². The van der Waals surface area contributed by atoms with Crippen LogP contribution in [0, 0.1) is 6.92 Å². The average molecular weight is 358 g/mol. The summed E-state index contributed by atoms with van der Waals surface area (Å²) in [5, 5.41) is 2.82. The van der Waals surface area contributed by atoms with Crippen LogP contribution in [0.15, 0.2) is 36.4 Å². The minimum atomic E-state index is -0.353. The van der Waals surface area contributed by atoms with Crippen LogP contribution in [0.1, 0.15) is 87.1 Å². The smallest absolute Gasteiger partial charge is 0.254 e. The summed E-state index contributed by atoms with van der Waals surface area (Å²) in [6.07, 6.45) is 12.6. The first kappa shape index (κ1) is 22.1. The van der Waals surface area contributed by atoms with E-state index in [2.05, 4.69) is 18.8 Å². The number of Topliss-reactive ketones (excluding diaryl/α,β-unsaturated/α-hetero) is 1. The number of carbonyl (C=O) groups is 2. The van der Waals surface area contributed by atoms with Gasteiger partial charge < -0.3 is 5.32 Å². The largest absolute Gasteiger partial charge is 0.352 e. The quantitative estimate of drug-likeness (QED) is 0.151. The zero-order valence-electron chi connectivity index (χ0n) is 16.6. The summed E-state index contributed by atoms with van der Waals surface area (Å²) in [7, 11) is 0. The van der Waals surface area contributed by atoms with Crippen LogP contribution in [0.2, 0.25) is 0 Å². The van der Waals surface area contributed by atoms with E-state index in [1.165, 1.54) is 51.4 Å². The molecular weight excluding hydrogens is 322 g/mol. The van der Waals surface area contributed by atoms with E-state index >= 15 is 0 Å². The van der Waals surface area contributed by atoms with Gasteiger partial charge in [-0.3, -0.25) is 9.59 Å². The standard InChI is InChI=1S/C23H35NO2/c1-4-5-6-7-8-9-10-11-12-15-18-24-23(26)20(3)22(25)21-17-14-13-16-19(21)2/h13-14,16-17H,3-12,15,18H2,1-2H3,(H,24,26). The molecule has 0 aliphatic carbocycles. The molecule has 1 aromatic rings. The molecular formula is C23H35NO2. The number of unbranched alkanes of at least 4 members (excludes halogenated alkanes) is 9. The molecule has 1 rings (SSSR count). The van der Waals surface area contributed by atoms with Gasteiger partial charge in [-0.2, -0.15) is 0 Å². The van der Waals surface area contributed by atoms with Crippen LogP contribution >= 0.6 is 0 Å². The van der Waals surface area contributed by atoms with Gasteiger partial charge in [0.1, 0.15) is 0 Å². The lowest BCUT2D eigenvalue weighted by atomic mass is 9.99. The minimum absolute atomic E-state index is 0.0198. The van der Waals surface area contributed by atoms with Gasteiger partial charge in [0.05, 0.1) is 5.57 Å². The van der Waals surface area contributed by atoms with Crippen molar-refractivity contribution >= 4 is 11.7 Å². The number of hydrogen-bond acceptors (Lipinski definition) is 2. The molecule has 3 heteroatoms. The third-order valence-corrected chi connectivity index (χ3v) is 4.75. The maximum absolute atomic E-state index is 12.3. The average Bonchev–Trinajstić information content (AvgIpc) is 2.65. The molecule has 0 aliphatic heterocycles. The summed E-state index contributed by atoms with van der Waals surface area (Å²) < 4.78 is 0. The Bertz CT molecular complexity index is 577. The fraction of sp³-hybridized carbons (Fsp3) is 0.565. The van der Waals surface area contributed by atoms with E-state index in [0.717, 1.165) is 18.4 Å². The van der Waals surface area contributed by atoms with Gasteiger partial charge in [-0.05, 0) is 18.9 Å². The highest BCUT2D eigenvalue weighted by Gasteiger charge is 2.18. The molecule has 0 spiro atoms. The molecule has 1 amide bonds. The van der Waals surface area contributed by atoms with Crippen molar-refractivity contribution in [3.63, 3.8) is 0 Å². The van der Waals surface area contributed by atoms with Gasteiger partial charge in [-0.1, -0.05) is 95.6 Å². The van der Waals surface area contributed by atoms with Gasteiger partial charge in [0, 0.05) is 12.1 Å². The highest BCUT2D eigenvalue weighted by molar-refractivity contribution is 6.25. The lowest BCUT2D eigenvalue weighted by Crippen LogP contribution is -2.29. The molecule has 3 nitrogen and oxygen atoms in total. The molecule has 0 saturated carbocycles. The Hall–Kier alpha value is -1.90. The number of nitrogens with one attached hydrogen (secondary N) is 1. The highest BCUT2D eigenvalue weighted by atomic mass is 16.2. The van der Waals surface area contributed by atoms with E-state index in [1.807, 2.05) is 19.1 Å². The van der Waals surface area contributed by atoms with Gasteiger partial charge in [0.15, 0.2) is 5.78 Å². The predicted octanol–water partition coefficient (Wildman–Crippen LogP) is 5.77. The van der Waals surface area contributed by atoms with E-state index in [9.17, 15) is 9.59 Å². The number of amides is 1. The van der Waals surface area contributed by atoms with Gasteiger partial charge in [0.2, 0.25) is 0 Å². The Morgan fingerprint density at radius 1 is 0.885 bits per heavy atom. The van der Waals surface area contributed by atoms with Crippen LogP contribution in [0.5, 0.6) is 0 Å². The number of carbonyl (C=O) groups excluding carboxylic acids is 2. The van der Waals surface area contributed by atoms with Gasteiger partial charge in [0.25, 0.3) is 5.91 Å². The highest BCUT2D eigenvalue weighted by Crippen LogP contribution is 2.13. The zero-order chi connectivity index (χ0) is 19.2. The summed E-state index contributed by atoms with van der Waals surface area (Å²) in [5.41, 5.74) is 1.43. The molecule has 0 radical (unpaired) electrons. The number of hydrogen-bond donors (Lipinski definition) is 1. The fourth-order valence-electron chi connectivity index (χ4n) is 3.01. The monoisotopic (exact) mass is 357 g/mol. The van der Waals surface area contributed by atoms with Gasteiger partial charge in [-0.15, -0.1) is 0 Å². The van der Waals surface area contributed by atoms with Crippen LogP contribution in [0.3, 0.4) is 0 Å². The summed E-state index contributed by atoms with van der Waals surface area (Å²) in [6.45, 7) is 8.39. The Labute approximate surface area is 159 Å². The molecule has 1 aromatic carbocycles.